The predicted octanol–water partition coefficient (Wildman–Crippen LogP) is 3.62. The summed E-state index contributed by atoms with van der Waals surface area (Å²) in [5, 5.41) is 18.3. The number of nitrogens with zero attached hydrogens (tertiary/aromatic N) is 2. The molecule has 0 aliphatic carbocycles. The van der Waals surface area contributed by atoms with Crippen molar-refractivity contribution in [3.05, 3.63) is 52.1 Å². The monoisotopic (exact) mass is 582 g/mol. The van der Waals surface area contributed by atoms with E-state index in [-0.39, 0.29) is 24.7 Å². The summed E-state index contributed by atoms with van der Waals surface area (Å²) in [4.78, 5) is 50.8. The van der Waals surface area contributed by atoms with E-state index in [0.717, 1.165) is 33.6 Å². The van der Waals surface area contributed by atoms with Gasteiger partial charge in [-0.3, -0.25) is 19.2 Å². The van der Waals surface area contributed by atoms with E-state index >= 15 is 0 Å². The quantitative estimate of drug-likeness (QED) is 0.339. The first-order valence-electron chi connectivity index (χ1n) is 14.0. The lowest BCUT2D eigenvalue weighted by molar-refractivity contribution is -0.145. The Hall–Kier alpha value is -4.28. The smallest absolute Gasteiger partial charge is 0.306 e. The number of carboxylic acids is 2. The van der Waals surface area contributed by atoms with Gasteiger partial charge in [-0.05, 0) is 64.9 Å². The molecule has 2 amide bonds. The van der Waals surface area contributed by atoms with E-state index in [0.29, 0.717) is 57.1 Å². The van der Waals surface area contributed by atoms with Gasteiger partial charge in [0.2, 0.25) is 11.8 Å². The van der Waals surface area contributed by atoms with Crippen LogP contribution >= 0.6 is 0 Å². The first kappa shape index (κ1) is 30.7. The minimum Gasteiger partial charge on any atom is -0.496 e. The van der Waals surface area contributed by atoms with Crippen LogP contribution in [0.25, 0.3) is 0 Å². The lowest BCUT2D eigenvalue weighted by atomic mass is 10.0. The molecule has 0 unspecified atom stereocenters. The number of fused-ring (bicyclic) bond motifs is 2. The summed E-state index contributed by atoms with van der Waals surface area (Å²) in [6.07, 6.45) is 1.28. The second-order valence-corrected chi connectivity index (χ2v) is 11.0. The van der Waals surface area contributed by atoms with Crippen LogP contribution < -0.4 is 14.2 Å². The second-order valence-electron chi connectivity index (χ2n) is 11.0. The maximum Gasteiger partial charge on any atom is 0.306 e. The van der Waals surface area contributed by atoms with Gasteiger partial charge in [-0.25, -0.2) is 0 Å². The van der Waals surface area contributed by atoms with Crippen molar-refractivity contribution < 1.29 is 43.6 Å². The van der Waals surface area contributed by atoms with E-state index in [1.54, 1.807) is 24.0 Å². The number of benzene rings is 2. The molecule has 11 nitrogen and oxygen atoms in total. The SMILES string of the molecule is COc1cc2c(cc1CCCOc1cc3c(cc1OC)CN(C(=O)C[C@H](C)C(=O)O)C3)CN(C(=O)C[C@H](C)C(=O)O)C2. The van der Waals surface area contributed by atoms with Crippen molar-refractivity contribution in [3.63, 3.8) is 0 Å². The van der Waals surface area contributed by atoms with Gasteiger partial charge in [-0.15, -0.1) is 0 Å². The zero-order chi connectivity index (χ0) is 30.6. The zero-order valence-corrected chi connectivity index (χ0v) is 24.5. The number of carboxylic acid groups (broad SMARTS) is 2. The lowest BCUT2D eigenvalue weighted by Crippen LogP contribution is -2.28. The largest absolute Gasteiger partial charge is 0.496 e. The molecular formula is C31H38N2O9. The number of carbonyl (C=O) groups is 4. The molecule has 0 radical (unpaired) electrons. The molecule has 0 aromatic heterocycles. The van der Waals surface area contributed by atoms with Gasteiger partial charge in [0.25, 0.3) is 0 Å². The number of aliphatic carboxylic acids is 2. The Labute approximate surface area is 245 Å². The molecule has 2 aliphatic heterocycles. The van der Waals surface area contributed by atoms with E-state index in [4.69, 9.17) is 24.4 Å². The maximum absolute atomic E-state index is 12.6. The number of methoxy groups -OCH3 is 2. The molecule has 0 spiro atoms. The molecule has 42 heavy (non-hydrogen) atoms. The molecule has 0 saturated heterocycles. The van der Waals surface area contributed by atoms with E-state index in [1.807, 2.05) is 18.2 Å². The minimum absolute atomic E-state index is 0.0327. The highest BCUT2D eigenvalue weighted by Gasteiger charge is 2.29. The van der Waals surface area contributed by atoms with Gasteiger partial charge in [0.15, 0.2) is 11.5 Å². The van der Waals surface area contributed by atoms with Crippen LogP contribution in [0.5, 0.6) is 17.2 Å². The molecule has 2 aromatic carbocycles. The van der Waals surface area contributed by atoms with Crippen molar-refractivity contribution in [2.45, 2.75) is 65.7 Å². The Morgan fingerprint density at radius 1 is 0.714 bits per heavy atom. The summed E-state index contributed by atoms with van der Waals surface area (Å²) in [6, 6.07) is 7.75. The van der Waals surface area contributed by atoms with E-state index in [2.05, 4.69) is 6.07 Å². The number of rotatable bonds is 13. The van der Waals surface area contributed by atoms with Crippen LogP contribution in [0.2, 0.25) is 0 Å². The van der Waals surface area contributed by atoms with E-state index < -0.39 is 23.8 Å². The zero-order valence-electron chi connectivity index (χ0n) is 24.5. The number of ether oxygens (including phenoxy) is 3. The van der Waals surface area contributed by atoms with Crippen LogP contribution in [0, 0.1) is 11.8 Å². The summed E-state index contributed by atoms with van der Waals surface area (Å²) in [6.45, 7) is 5.13. The highest BCUT2D eigenvalue weighted by Crippen LogP contribution is 2.36. The highest BCUT2D eigenvalue weighted by atomic mass is 16.5. The average molecular weight is 583 g/mol. The number of hydrogen-bond acceptors (Lipinski definition) is 7. The van der Waals surface area contributed by atoms with Crippen LogP contribution in [0.1, 0.15) is 60.9 Å². The van der Waals surface area contributed by atoms with Crippen molar-refractivity contribution in [2.75, 3.05) is 20.8 Å². The Morgan fingerprint density at radius 2 is 1.14 bits per heavy atom. The van der Waals surface area contributed by atoms with Crippen molar-refractivity contribution in [1.29, 1.82) is 0 Å². The predicted molar refractivity (Wildman–Crippen MR) is 151 cm³/mol. The molecule has 4 rings (SSSR count). The third kappa shape index (κ3) is 6.95. The van der Waals surface area contributed by atoms with Gasteiger partial charge >= 0.3 is 11.9 Å². The van der Waals surface area contributed by atoms with Crippen LogP contribution in [-0.2, 0) is 51.8 Å². The lowest BCUT2D eigenvalue weighted by Gasteiger charge is -2.16. The summed E-state index contributed by atoms with van der Waals surface area (Å²) in [5.41, 5.74) is 4.91. The summed E-state index contributed by atoms with van der Waals surface area (Å²) in [5.74, 6) is -1.95. The number of carbonyl (C=O) groups excluding carboxylic acids is 2. The molecule has 2 atom stereocenters. The molecule has 11 heteroatoms. The molecule has 2 aliphatic rings. The van der Waals surface area contributed by atoms with Crippen LogP contribution in [0.4, 0.5) is 0 Å². The van der Waals surface area contributed by atoms with Gasteiger partial charge in [-0.2, -0.15) is 0 Å². The van der Waals surface area contributed by atoms with Crippen molar-refractivity contribution in [1.82, 2.24) is 9.80 Å². The van der Waals surface area contributed by atoms with Crippen LogP contribution in [-0.4, -0.2) is 64.6 Å². The van der Waals surface area contributed by atoms with E-state index in [1.165, 1.54) is 13.8 Å². The van der Waals surface area contributed by atoms with Crippen molar-refractivity contribution >= 4 is 23.8 Å². The number of amides is 2. The molecule has 226 valence electrons. The van der Waals surface area contributed by atoms with E-state index in [9.17, 15) is 19.2 Å². The molecule has 0 bridgehead atoms. The Bertz CT molecular complexity index is 1270. The summed E-state index contributed by atoms with van der Waals surface area (Å²) < 4.78 is 17.3. The van der Waals surface area contributed by atoms with Crippen molar-refractivity contribution in [3.8, 4) is 17.2 Å². The molecule has 0 fully saturated rings. The van der Waals surface area contributed by atoms with Crippen LogP contribution in [0.3, 0.4) is 0 Å². The van der Waals surface area contributed by atoms with Crippen molar-refractivity contribution in [2.24, 2.45) is 11.8 Å². The standard InChI is InChI=1S/C31H38N2O9/c1-18(30(36)37)8-28(34)32-14-21-10-20(25(40-3)11-22(21)15-32)6-5-7-42-27-13-24-17-33(16-23(24)12-26(27)41-4)29(35)9-19(2)31(38)39/h10-13,18-19H,5-9,14-17H2,1-4H3,(H,36,37)(H,38,39)/t18-,19-/m0/s1. The van der Waals surface area contributed by atoms with Gasteiger partial charge < -0.3 is 34.2 Å². The Morgan fingerprint density at radius 3 is 1.60 bits per heavy atom. The average Bonchev–Trinajstić information content (AvgIpc) is 3.57. The van der Waals surface area contributed by atoms with Gasteiger partial charge in [-0.1, -0.05) is 13.8 Å². The molecule has 2 N–H and O–H groups in total. The third-order valence-corrected chi connectivity index (χ3v) is 7.89. The summed E-state index contributed by atoms with van der Waals surface area (Å²) in [7, 11) is 3.17. The fraction of sp³-hybridized carbons (Fsp3) is 0.484. The molecular weight excluding hydrogens is 544 g/mol. The maximum atomic E-state index is 12.6. The fourth-order valence-electron chi connectivity index (χ4n) is 5.30. The Balaban J connectivity index is 1.34. The number of hydrogen-bond donors (Lipinski definition) is 2. The molecule has 0 saturated carbocycles. The molecule has 2 heterocycles. The topological polar surface area (TPSA) is 143 Å². The van der Waals surface area contributed by atoms with Gasteiger partial charge in [0.1, 0.15) is 5.75 Å². The molecule has 2 aromatic rings. The second kappa shape index (κ2) is 13.1. The Kier molecular flexibility index (Phi) is 9.59. The highest BCUT2D eigenvalue weighted by molar-refractivity contribution is 5.83. The van der Waals surface area contributed by atoms with Gasteiger partial charge in [0, 0.05) is 39.0 Å². The first-order valence-corrected chi connectivity index (χ1v) is 14.0. The fourth-order valence-corrected chi connectivity index (χ4v) is 5.30. The van der Waals surface area contributed by atoms with Gasteiger partial charge in [0.05, 0.1) is 32.7 Å². The number of aryl methyl sites for hydroxylation is 1. The third-order valence-electron chi connectivity index (χ3n) is 7.89. The first-order chi connectivity index (χ1) is 20.0. The normalized spacial score (nSPS) is 15.0. The van der Waals surface area contributed by atoms with Crippen LogP contribution in [0.15, 0.2) is 24.3 Å². The summed E-state index contributed by atoms with van der Waals surface area (Å²) >= 11 is 0. The minimum atomic E-state index is -0.991.